The van der Waals surface area contributed by atoms with Crippen LogP contribution >= 0.6 is 0 Å². The van der Waals surface area contributed by atoms with Crippen molar-refractivity contribution in [2.24, 2.45) is 23.7 Å². The summed E-state index contributed by atoms with van der Waals surface area (Å²) < 4.78 is 20.9. The van der Waals surface area contributed by atoms with Crippen molar-refractivity contribution in [3.05, 3.63) is 23.8 Å². The summed E-state index contributed by atoms with van der Waals surface area (Å²) in [4.78, 5) is 11.4. The number of fused-ring (bicyclic) bond motifs is 1. The highest BCUT2D eigenvalue weighted by Crippen LogP contribution is 2.50. The van der Waals surface area contributed by atoms with Gasteiger partial charge in [-0.25, -0.2) is 0 Å². The van der Waals surface area contributed by atoms with Gasteiger partial charge in [0.05, 0.1) is 18.8 Å². The maximum Gasteiger partial charge on any atom is 0.305 e. The molecule has 2 N–H and O–H groups in total. The predicted octanol–water partition coefficient (Wildman–Crippen LogP) is 4.02. The van der Waals surface area contributed by atoms with Crippen molar-refractivity contribution in [3.63, 3.8) is 0 Å². The molecule has 1 unspecified atom stereocenters. The molecule has 4 heteroatoms. The zero-order chi connectivity index (χ0) is 22.3. The van der Waals surface area contributed by atoms with E-state index in [-0.39, 0.29) is 11.9 Å². The Bertz CT molecular complexity index is 704. The van der Waals surface area contributed by atoms with E-state index in [0.717, 1.165) is 32.1 Å². The molecule has 0 radical (unpaired) electrons. The predicted molar refractivity (Wildman–Crippen MR) is 111 cm³/mol. The van der Waals surface area contributed by atoms with Gasteiger partial charge in [0.1, 0.15) is 0 Å². The number of rotatable bonds is 9. The van der Waals surface area contributed by atoms with E-state index in [1.807, 2.05) is 13.0 Å². The maximum atomic E-state index is 11.4. The zero-order valence-electron chi connectivity index (χ0n) is 19.4. The topological polar surface area (TPSA) is 66.8 Å². The molecule has 0 aliphatic heterocycles. The lowest BCUT2D eigenvalue weighted by atomic mass is 9.89. The summed E-state index contributed by atoms with van der Waals surface area (Å²) in [5.41, 5.74) is 1.39. The fourth-order valence-corrected chi connectivity index (χ4v) is 4.41. The standard InChI is InChI=1S/C24H36O4/c1-4-6-9-17(3)22(25)13-12-20-21-15-18(14-19(21)16-23(20)26)10-7-8-11-24(27)28-5-2/h10,12-13,17,19-23,25-26H,5,7-9,11,14-16H2,1-3H3/b13-12+,18-10+/t17?,19-,20+,21-,22+,23+/m0/s1/i9D2. The Kier molecular flexibility index (Phi) is 8.06. The van der Waals surface area contributed by atoms with E-state index in [1.165, 1.54) is 5.57 Å². The minimum Gasteiger partial charge on any atom is -0.466 e. The van der Waals surface area contributed by atoms with Crippen molar-refractivity contribution < 1.29 is 22.5 Å². The van der Waals surface area contributed by atoms with Crippen molar-refractivity contribution in [1.29, 1.82) is 0 Å². The number of esters is 1. The Balaban J connectivity index is 1.91. The van der Waals surface area contributed by atoms with E-state index in [2.05, 4.69) is 17.9 Å². The number of carbonyl (C=O) groups is 1. The highest BCUT2D eigenvalue weighted by molar-refractivity contribution is 5.69. The monoisotopic (exact) mass is 390 g/mol. The molecule has 0 aromatic heterocycles. The third-order valence-electron chi connectivity index (χ3n) is 5.90. The summed E-state index contributed by atoms with van der Waals surface area (Å²) in [6, 6.07) is 0. The van der Waals surface area contributed by atoms with Crippen molar-refractivity contribution in [2.45, 2.75) is 77.9 Å². The van der Waals surface area contributed by atoms with Crippen LogP contribution in [-0.2, 0) is 9.53 Å². The van der Waals surface area contributed by atoms with Gasteiger partial charge >= 0.3 is 5.97 Å². The molecule has 2 saturated carbocycles. The molecule has 0 heterocycles. The second-order valence-electron chi connectivity index (χ2n) is 7.96. The first-order chi connectivity index (χ1) is 14.2. The Morgan fingerprint density at radius 3 is 2.96 bits per heavy atom. The highest BCUT2D eigenvalue weighted by Gasteiger charge is 2.44. The van der Waals surface area contributed by atoms with E-state index in [4.69, 9.17) is 7.48 Å². The fourth-order valence-electron chi connectivity index (χ4n) is 4.41. The van der Waals surface area contributed by atoms with Crippen LogP contribution in [0.4, 0.5) is 0 Å². The molecule has 0 spiro atoms. The number of ether oxygens (including phenoxy) is 1. The van der Waals surface area contributed by atoms with Gasteiger partial charge in [-0.05, 0) is 63.7 Å². The number of aliphatic hydroxyl groups is 2. The summed E-state index contributed by atoms with van der Waals surface area (Å²) >= 11 is 0. The van der Waals surface area contributed by atoms with Crippen molar-refractivity contribution in [2.75, 3.05) is 6.61 Å². The lowest BCUT2D eigenvalue weighted by molar-refractivity contribution is -0.143. The smallest absolute Gasteiger partial charge is 0.305 e. The van der Waals surface area contributed by atoms with Crippen LogP contribution in [0.5, 0.6) is 0 Å². The molecule has 0 aromatic rings. The van der Waals surface area contributed by atoms with Gasteiger partial charge in [-0.15, -0.1) is 11.8 Å². The number of hydrogen-bond acceptors (Lipinski definition) is 4. The third-order valence-corrected chi connectivity index (χ3v) is 5.90. The lowest BCUT2D eigenvalue weighted by Gasteiger charge is -2.19. The van der Waals surface area contributed by atoms with E-state index < -0.39 is 24.5 Å². The number of allylic oxidation sites excluding steroid dienone is 2. The molecule has 28 heavy (non-hydrogen) atoms. The third kappa shape index (κ3) is 6.50. The highest BCUT2D eigenvalue weighted by atomic mass is 16.5. The number of hydrogen-bond donors (Lipinski definition) is 2. The van der Waals surface area contributed by atoms with Gasteiger partial charge in [0.25, 0.3) is 0 Å². The molecule has 0 bridgehead atoms. The molecule has 2 aliphatic carbocycles. The van der Waals surface area contributed by atoms with Crippen LogP contribution in [0, 0.1) is 35.5 Å². The van der Waals surface area contributed by atoms with Gasteiger partial charge in [-0.3, -0.25) is 4.79 Å². The largest absolute Gasteiger partial charge is 0.466 e. The van der Waals surface area contributed by atoms with Crippen LogP contribution in [0.3, 0.4) is 0 Å². The second kappa shape index (κ2) is 11.4. The number of carbonyl (C=O) groups excluding carboxylic acids is 1. The first-order valence-electron chi connectivity index (χ1n) is 11.5. The van der Waals surface area contributed by atoms with Crippen molar-refractivity contribution >= 4 is 5.97 Å². The van der Waals surface area contributed by atoms with Crippen LogP contribution in [-0.4, -0.2) is 35.0 Å². The molecule has 2 fully saturated rings. The number of aliphatic hydroxyl groups excluding tert-OH is 2. The second-order valence-corrected chi connectivity index (χ2v) is 7.96. The molecule has 4 nitrogen and oxygen atoms in total. The SMILES string of the molecule is [2H]C([2H])(C#CC)C(C)[C@H](O)/C=C/[C@@H]1[C@H]2C/C(=C/CCCC(=O)OCC)C[C@H]2C[C@H]1O. The summed E-state index contributed by atoms with van der Waals surface area (Å²) in [5, 5.41) is 20.9. The van der Waals surface area contributed by atoms with Gasteiger partial charge in [-0.1, -0.05) is 30.7 Å². The Morgan fingerprint density at radius 1 is 1.46 bits per heavy atom. The summed E-state index contributed by atoms with van der Waals surface area (Å²) in [5.74, 6) is 5.08. The average Bonchev–Trinajstić information content (AvgIpc) is 3.19. The van der Waals surface area contributed by atoms with E-state index in [0.29, 0.717) is 24.9 Å². The average molecular weight is 391 g/mol. The molecule has 6 atom stereocenters. The molecular weight excluding hydrogens is 352 g/mol. The van der Waals surface area contributed by atoms with Crippen LogP contribution < -0.4 is 0 Å². The van der Waals surface area contributed by atoms with Gasteiger partial charge < -0.3 is 14.9 Å². The van der Waals surface area contributed by atoms with Crippen LogP contribution in [0.15, 0.2) is 23.8 Å². The maximum absolute atomic E-state index is 11.4. The van der Waals surface area contributed by atoms with Gasteiger partial charge in [0, 0.05) is 21.5 Å². The quantitative estimate of drug-likeness (QED) is 0.270. The molecule has 0 amide bonds. The lowest BCUT2D eigenvalue weighted by Crippen LogP contribution is -2.19. The van der Waals surface area contributed by atoms with Crippen LogP contribution in [0.1, 0.15) is 68.4 Å². The van der Waals surface area contributed by atoms with E-state index >= 15 is 0 Å². The van der Waals surface area contributed by atoms with Gasteiger partial charge in [0.15, 0.2) is 0 Å². The summed E-state index contributed by atoms with van der Waals surface area (Å²) in [6.07, 6.45) is 7.39. The minimum atomic E-state index is -1.76. The van der Waals surface area contributed by atoms with Crippen molar-refractivity contribution in [1.82, 2.24) is 0 Å². The molecule has 156 valence electrons. The first-order valence-corrected chi connectivity index (χ1v) is 10.5. The van der Waals surface area contributed by atoms with Crippen molar-refractivity contribution in [3.8, 4) is 11.8 Å². The first kappa shape index (κ1) is 19.7. The molecule has 0 saturated heterocycles. The molecule has 2 rings (SSSR count). The van der Waals surface area contributed by atoms with Gasteiger partial charge in [-0.2, -0.15) is 0 Å². The molecule has 0 aromatic carbocycles. The summed E-state index contributed by atoms with van der Waals surface area (Å²) in [6.45, 7) is 5.47. The van der Waals surface area contributed by atoms with Crippen LogP contribution in [0.25, 0.3) is 0 Å². The van der Waals surface area contributed by atoms with E-state index in [1.54, 1.807) is 19.9 Å². The van der Waals surface area contributed by atoms with Crippen LogP contribution in [0.2, 0.25) is 0 Å². The zero-order valence-corrected chi connectivity index (χ0v) is 17.4. The van der Waals surface area contributed by atoms with E-state index in [9.17, 15) is 15.0 Å². The molecular formula is C24H36O4. The van der Waals surface area contributed by atoms with Gasteiger partial charge in [0.2, 0.25) is 0 Å². The molecule has 2 aliphatic rings. The minimum absolute atomic E-state index is 0.0228. The Labute approximate surface area is 172 Å². The normalized spacial score (nSPS) is 31.7. The number of unbranched alkanes of at least 4 members (excludes halogenated alkanes) is 1. The Hall–Kier alpha value is -1.57. The summed E-state index contributed by atoms with van der Waals surface area (Å²) in [7, 11) is 0. The fraction of sp³-hybridized carbons (Fsp3) is 0.708. The Morgan fingerprint density at radius 2 is 2.25 bits per heavy atom.